The highest BCUT2D eigenvalue weighted by Crippen LogP contribution is 2.12. The molecule has 1 aromatic heterocycles. The standard InChI is InChI=1S/C21H26N4O3/c1-22-21(27)19-13-16(12-17(25-19)11-15-5-3-2-4-6-15)20(26)24-8-7-18-14-23-9-10-28-18/h2-6,12-13,18,23H,7-11,14H2,1H3,(H,22,27)(H,24,26)/t18-/m0/s1. The van der Waals surface area contributed by atoms with Crippen LogP contribution in [0.1, 0.15) is 38.5 Å². The summed E-state index contributed by atoms with van der Waals surface area (Å²) in [5.74, 6) is -0.531. The predicted octanol–water partition coefficient (Wildman–Crippen LogP) is 1.14. The molecule has 3 N–H and O–H groups in total. The number of benzene rings is 1. The molecule has 28 heavy (non-hydrogen) atoms. The average molecular weight is 382 g/mol. The molecule has 0 unspecified atom stereocenters. The summed E-state index contributed by atoms with van der Waals surface area (Å²) in [6.07, 6.45) is 1.40. The summed E-state index contributed by atoms with van der Waals surface area (Å²) >= 11 is 0. The molecule has 1 aliphatic heterocycles. The Balaban J connectivity index is 1.69. The fourth-order valence-electron chi connectivity index (χ4n) is 3.11. The van der Waals surface area contributed by atoms with Crippen molar-refractivity contribution in [3.63, 3.8) is 0 Å². The van der Waals surface area contributed by atoms with E-state index in [1.807, 2.05) is 30.3 Å². The topological polar surface area (TPSA) is 92.4 Å². The highest BCUT2D eigenvalue weighted by Gasteiger charge is 2.16. The lowest BCUT2D eigenvalue weighted by Gasteiger charge is -2.23. The van der Waals surface area contributed by atoms with Crippen LogP contribution in [0.4, 0.5) is 0 Å². The Hall–Kier alpha value is -2.77. The number of nitrogens with zero attached hydrogens (tertiary/aromatic N) is 1. The van der Waals surface area contributed by atoms with Crippen LogP contribution >= 0.6 is 0 Å². The Morgan fingerprint density at radius 2 is 2.04 bits per heavy atom. The Morgan fingerprint density at radius 3 is 2.75 bits per heavy atom. The van der Waals surface area contributed by atoms with Crippen LogP contribution in [-0.4, -0.2) is 56.2 Å². The number of carbonyl (C=O) groups is 2. The third-order valence-electron chi connectivity index (χ3n) is 4.58. The Bertz CT molecular complexity index is 805. The number of ether oxygens (including phenoxy) is 1. The Morgan fingerprint density at radius 1 is 1.21 bits per heavy atom. The van der Waals surface area contributed by atoms with Gasteiger partial charge >= 0.3 is 0 Å². The molecule has 1 atom stereocenters. The number of pyridine rings is 1. The molecule has 7 heteroatoms. The maximum atomic E-state index is 12.6. The Labute approximate surface area is 164 Å². The van der Waals surface area contributed by atoms with Gasteiger partial charge in [-0.25, -0.2) is 4.98 Å². The van der Waals surface area contributed by atoms with Crippen LogP contribution in [0.3, 0.4) is 0 Å². The minimum atomic E-state index is -0.314. The molecule has 7 nitrogen and oxygen atoms in total. The fourth-order valence-corrected chi connectivity index (χ4v) is 3.11. The molecular weight excluding hydrogens is 356 g/mol. The zero-order chi connectivity index (χ0) is 19.8. The van der Waals surface area contributed by atoms with Crippen molar-refractivity contribution in [2.45, 2.75) is 18.9 Å². The smallest absolute Gasteiger partial charge is 0.269 e. The second-order valence-corrected chi connectivity index (χ2v) is 6.72. The summed E-state index contributed by atoms with van der Waals surface area (Å²) in [6, 6.07) is 13.1. The maximum absolute atomic E-state index is 12.6. The molecule has 3 rings (SSSR count). The van der Waals surface area contributed by atoms with E-state index in [1.54, 1.807) is 13.1 Å². The van der Waals surface area contributed by atoms with Crippen molar-refractivity contribution in [3.05, 3.63) is 65.0 Å². The quantitative estimate of drug-likeness (QED) is 0.668. The number of morpholine rings is 1. The van der Waals surface area contributed by atoms with E-state index in [9.17, 15) is 9.59 Å². The molecule has 1 aromatic carbocycles. The van der Waals surface area contributed by atoms with Gasteiger partial charge in [0.25, 0.3) is 11.8 Å². The van der Waals surface area contributed by atoms with Gasteiger partial charge in [0.15, 0.2) is 0 Å². The number of hydrogen-bond donors (Lipinski definition) is 3. The summed E-state index contributed by atoms with van der Waals surface area (Å²) in [5, 5.41) is 8.75. The van der Waals surface area contributed by atoms with E-state index in [0.717, 1.165) is 25.1 Å². The van der Waals surface area contributed by atoms with E-state index in [1.165, 1.54) is 6.07 Å². The van der Waals surface area contributed by atoms with Gasteiger partial charge in [0.05, 0.1) is 12.7 Å². The first kappa shape index (κ1) is 20.0. The molecule has 1 fully saturated rings. The largest absolute Gasteiger partial charge is 0.376 e. The molecule has 1 saturated heterocycles. The predicted molar refractivity (Wildman–Crippen MR) is 106 cm³/mol. The van der Waals surface area contributed by atoms with Crippen molar-refractivity contribution in [2.24, 2.45) is 0 Å². The van der Waals surface area contributed by atoms with E-state index in [4.69, 9.17) is 4.74 Å². The molecule has 0 saturated carbocycles. The molecule has 0 bridgehead atoms. The lowest BCUT2D eigenvalue weighted by molar-refractivity contribution is 0.0239. The first-order chi connectivity index (χ1) is 13.7. The SMILES string of the molecule is CNC(=O)c1cc(C(=O)NCC[C@H]2CNCCO2)cc(Cc2ccccc2)n1. The number of aromatic nitrogens is 1. The van der Waals surface area contributed by atoms with Gasteiger partial charge < -0.3 is 20.7 Å². The fraction of sp³-hybridized carbons (Fsp3) is 0.381. The molecule has 0 spiro atoms. The molecular formula is C21H26N4O3. The van der Waals surface area contributed by atoms with Crippen LogP contribution in [0.2, 0.25) is 0 Å². The van der Waals surface area contributed by atoms with Crippen molar-refractivity contribution < 1.29 is 14.3 Å². The lowest BCUT2D eigenvalue weighted by atomic mass is 10.1. The van der Waals surface area contributed by atoms with Gasteiger partial charge in [-0.05, 0) is 24.1 Å². The number of nitrogens with one attached hydrogen (secondary N) is 3. The van der Waals surface area contributed by atoms with Crippen molar-refractivity contribution >= 4 is 11.8 Å². The minimum absolute atomic E-state index is 0.113. The molecule has 2 amide bonds. The number of carbonyl (C=O) groups excluding carboxylic acids is 2. The van der Waals surface area contributed by atoms with Crippen LogP contribution < -0.4 is 16.0 Å². The second kappa shape index (κ2) is 9.96. The molecule has 0 aliphatic carbocycles. The minimum Gasteiger partial charge on any atom is -0.376 e. The molecule has 1 aliphatic rings. The third kappa shape index (κ3) is 5.61. The number of hydrogen-bond acceptors (Lipinski definition) is 5. The maximum Gasteiger partial charge on any atom is 0.269 e. The van der Waals surface area contributed by atoms with Gasteiger partial charge in [-0.1, -0.05) is 30.3 Å². The summed E-state index contributed by atoms with van der Waals surface area (Å²) in [4.78, 5) is 29.1. The van der Waals surface area contributed by atoms with Crippen LogP contribution in [0.25, 0.3) is 0 Å². The summed E-state index contributed by atoms with van der Waals surface area (Å²) in [6.45, 7) is 2.87. The van der Waals surface area contributed by atoms with E-state index in [0.29, 0.717) is 30.8 Å². The van der Waals surface area contributed by atoms with Crippen LogP contribution in [0, 0.1) is 0 Å². The summed E-state index contributed by atoms with van der Waals surface area (Å²) in [5.41, 5.74) is 2.41. The van der Waals surface area contributed by atoms with Crippen LogP contribution in [0.15, 0.2) is 42.5 Å². The van der Waals surface area contributed by atoms with Gasteiger partial charge in [-0.15, -0.1) is 0 Å². The summed E-state index contributed by atoms with van der Waals surface area (Å²) in [7, 11) is 1.55. The van der Waals surface area contributed by atoms with Gasteiger partial charge in [0, 0.05) is 44.4 Å². The van der Waals surface area contributed by atoms with Gasteiger partial charge in [0.1, 0.15) is 5.69 Å². The highest BCUT2D eigenvalue weighted by molar-refractivity contribution is 5.98. The summed E-state index contributed by atoms with van der Waals surface area (Å²) < 4.78 is 5.64. The first-order valence-corrected chi connectivity index (χ1v) is 9.53. The van der Waals surface area contributed by atoms with Gasteiger partial charge in [-0.3, -0.25) is 9.59 Å². The van der Waals surface area contributed by atoms with Crippen molar-refractivity contribution in [1.82, 2.24) is 20.9 Å². The van der Waals surface area contributed by atoms with Crippen LogP contribution in [0.5, 0.6) is 0 Å². The normalized spacial score (nSPS) is 16.4. The van der Waals surface area contributed by atoms with Crippen molar-refractivity contribution in [1.29, 1.82) is 0 Å². The van der Waals surface area contributed by atoms with Crippen LogP contribution in [-0.2, 0) is 11.2 Å². The van der Waals surface area contributed by atoms with Gasteiger partial charge in [0.2, 0.25) is 0 Å². The molecule has 0 radical (unpaired) electrons. The van der Waals surface area contributed by atoms with E-state index in [-0.39, 0.29) is 23.6 Å². The van der Waals surface area contributed by atoms with Crippen molar-refractivity contribution in [3.8, 4) is 0 Å². The zero-order valence-electron chi connectivity index (χ0n) is 16.0. The lowest BCUT2D eigenvalue weighted by Crippen LogP contribution is -2.40. The number of amides is 2. The molecule has 2 heterocycles. The first-order valence-electron chi connectivity index (χ1n) is 9.53. The zero-order valence-corrected chi connectivity index (χ0v) is 16.0. The number of rotatable bonds is 7. The highest BCUT2D eigenvalue weighted by atomic mass is 16.5. The van der Waals surface area contributed by atoms with E-state index in [2.05, 4.69) is 20.9 Å². The molecule has 2 aromatic rings. The monoisotopic (exact) mass is 382 g/mol. The van der Waals surface area contributed by atoms with Gasteiger partial charge in [-0.2, -0.15) is 0 Å². The second-order valence-electron chi connectivity index (χ2n) is 6.72. The van der Waals surface area contributed by atoms with E-state index < -0.39 is 0 Å². The molecule has 148 valence electrons. The average Bonchev–Trinajstić information content (AvgIpc) is 2.74. The Kier molecular flexibility index (Phi) is 7.11. The van der Waals surface area contributed by atoms with Crippen molar-refractivity contribution in [2.75, 3.05) is 33.3 Å². The third-order valence-corrected chi connectivity index (χ3v) is 4.58. The van der Waals surface area contributed by atoms with E-state index >= 15 is 0 Å².